The fourth-order valence-electron chi connectivity index (χ4n) is 5.63. The average molecular weight is 240 g/mol. The molecular weight excluding hydrogens is 214 g/mol. The zero-order valence-corrected chi connectivity index (χ0v) is 11.9. The van der Waals surface area contributed by atoms with E-state index in [0.29, 0.717) is 5.92 Å². The molecule has 18 heavy (non-hydrogen) atoms. The summed E-state index contributed by atoms with van der Waals surface area (Å²) in [5.41, 5.74) is 0. The maximum atomic E-state index is 6.40. The van der Waals surface area contributed by atoms with E-state index in [4.69, 9.17) is 15.7 Å². The van der Waals surface area contributed by atoms with Crippen molar-refractivity contribution in [2.75, 3.05) is 0 Å². The Labute approximate surface area is 115 Å². The second kappa shape index (κ2) is 4.91. The van der Waals surface area contributed by atoms with Gasteiger partial charge in [-0.25, -0.2) is 0 Å². The van der Waals surface area contributed by atoms with Crippen LogP contribution in [0.3, 0.4) is 0 Å². The molecule has 0 aromatic heterocycles. The van der Waals surface area contributed by atoms with Crippen LogP contribution in [0.15, 0.2) is 0 Å². The van der Waals surface area contributed by atoms with Gasteiger partial charge in [-0.05, 0) is 48.9 Å². The van der Waals surface area contributed by atoms with Gasteiger partial charge in [-0.1, -0.05) is 50.7 Å². The molecule has 0 aliphatic heterocycles. The van der Waals surface area contributed by atoms with Crippen LogP contribution in [0.25, 0.3) is 0 Å². The minimum Gasteiger partial charge on any atom is -0.0984 e. The Morgan fingerprint density at radius 3 is 1.67 bits per heavy atom. The Balaban J connectivity index is 1.87. The van der Waals surface area contributed by atoms with Crippen molar-refractivity contribution in [2.45, 2.75) is 69.9 Å². The predicted octanol–water partition coefficient (Wildman–Crippen LogP) is 4.09. The van der Waals surface area contributed by atoms with Gasteiger partial charge in [0.15, 0.2) is 0 Å². The molecule has 0 saturated heterocycles. The minimum absolute atomic E-state index is 0.457. The van der Waals surface area contributed by atoms with Gasteiger partial charge >= 0.3 is 0 Å². The molecule has 3 rings (SSSR count). The summed E-state index contributed by atoms with van der Waals surface area (Å²) >= 11 is 0. The summed E-state index contributed by atoms with van der Waals surface area (Å²) in [6.07, 6.45) is 12.9. The Bertz CT molecular complexity index is 272. The fourth-order valence-corrected chi connectivity index (χ4v) is 5.63. The van der Waals surface area contributed by atoms with E-state index in [-0.39, 0.29) is 0 Å². The molecule has 0 aromatic rings. The van der Waals surface area contributed by atoms with Gasteiger partial charge in [-0.15, -0.1) is 0 Å². The molecule has 3 aliphatic carbocycles. The average Bonchev–Trinajstić information content (AvgIpc) is 2.34. The molecule has 0 spiro atoms. The van der Waals surface area contributed by atoms with Crippen LogP contribution in [0.4, 0.5) is 0 Å². The summed E-state index contributed by atoms with van der Waals surface area (Å²) in [4.78, 5) is 0. The number of rotatable bonds is 1. The number of hydrogen-bond acceptors (Lipinski definition) is 0. The monoisotopic (exact) mass is 240 g/mol. The molecule has 96 valence electrons. The van der Waals surface area contributed by atoms with Gasteiger partial charge < -0.3 is 0 Å². The molecule has 3 aliphatic rings. The Morgan fingerprint density at radius 1 is 0.778 bits per heavy atom. The van der Waals surface area contributed by atoms with E-state index in [1.54, 1.807) is 0 Å². The van der Waals surface area contributed by atoms with E-state index in [2.05, 4.69) is 6.92 Å². The van der Waals surface area contributed by atoms with Crippen molar-refractivity contribution in [3.63, 3.8) is 0 Å². The highest BCUT2D eigenvalue weighted by molar-refractivity contribution is 6.39. The third kappa shape index (κ3) is 2.29. The van der Waals surface area contributed by atoms with Crippen LogP contribution >= 0.6 is 0 Å². The highest BCUT2D eigenvalue weighted by atomic mass is 14.5. The van der Waals surface area contributed by atoms with Gasteiger partial charge in [0.1, 0.15) is 0 Å². The Kier molecular flexibility index (Phi) is 3.58. The van der Waals surface area contributed by atoms with Crippen molar-refractivity contribution in [1.82, 2.24) is 0 Å². The van der Waals surface area contributed by atoms with Crippen molar-refractivity contribution in [2.24, 2.45) is 29.6 Å². The lowest BCUT2D eigenvalue weighted by atomic mass is 9.39. The minimum atomic E-state index is -0.457. The Hall–Kier alpha value is 0.130. The number of fused-ring (bicyclic) bond motifs is 2. The highest BCUT2D eigenvalue weighted by Gasteiger charge is 2.48. The second-order valence-electron chi connectivity index (χ2n) is 7.54. The summed E-state index contributed by atoms with van der Waals surface area (Å²) in [5, 5.41) is -0.457. The number of hydrogen-bond donors (Lipinski definition) is 0. The van der Waals surface area contributed by atoms with Crippen molar-refractivity contribution < 1.29 is 0 Å². The molecule has 0 nitrogen and oxygen atoms in total. The van der Waals surface area contributed by atoms with E-state index in [0.717, 1.165) is 23.7 Å². The van der Waals surface area contributed by atoms with Crippen LogP contribution in [0.2, 0.25) is 5.21 Å². The first-order chi connectivity index (χ1) is 8.57. The summed E-state index contributed by atoms with van der Waals surface area (Å²) in [6.45, 7) is 2.08. The highest BCUT2D eigenvalue weighted by Crippen LogP contribution is 2.58. The smallest absolute Gasteiger partial charge is 0.0620 e. The molecule has 3 fully saturated rings. The third-order valence-electron chi connectivity index (χ3n) is 6.18. The largest absolute Gasteiger partial charge is 0.0984 e. The van der Waals surface area contributed by atoms with Gasteiger partial charge in [0, 0.05) is 0 Å². The molecular formula is C16H26B2. The first-order valence-electron chi connectivity index (χ1n) is 8.15. The van der Waals surface area contributed by atoms with Crippen LogP contribution in [-0.4, -0.2) is 15.7 Å². The van der Waals surface area contributed by atoms with Crippen molar-refractivity contribution in [3.8, 4) is 0 Å². The first kappa shape index (κ1) is 13.1. The molecule has 0 bridgehead atoms. The van der Waals surface area contributed by atoms with Crippen molar-refractivity contribution in [3.05, 3.63) is 0 Å². The molecule has 3 saturated carbocycles. The molecule has 4 unspecified atom stereocenters. The van der Waals surface area contributed by atoms with E-state index < -0.39 is 5.21 Å². The van der Waals surface area contributed by atoms with Crippen LogP contribution in [0, 0.1) is 29.6 Å². The molecule has 4 atom stereocenters. The molecule has 0 aromatic carbocycles. The Morgan fingerprint density at radius 2 is 1.22 bits per heavy atom. The van der Waals surface area contributed by atoms with Crippen LogP contribution in [-0.2, 0) is 0 Å². The summed E-state index contributed by atoms with van der Waals surface area (Å²) in [7, 11) is 12.8. The molecule has 0 N–H and O–H groups in total. The van der Waals surface area contributed by atoms with E-state index in [1.807, 2.05) is 0 Å². The quantitative estimate of drug-likeness (QED) is 0.605. The lowest BCUT2D eigenvalue weighted by Crippen LogP contribution is -2.47. The molecule has 2 heteroatoms. The maximum absolute atomic E-state index is 6.40. The first-order valence-corrected chi connectivity index (χ1v) is 8.15. The molecule has 4 radical (unpaired) electrons. The van der Waals surface area contributed by atoms with Crippen LogP contribution in [0.1, 0.15) is 64.7 Å². The van der Waals surface area contributed by atoms with Crippen LogP contribution < -0.4 is 0 Å². The normalized spacial score (nSPS) is 45.1. The molecule has 0 amide bonds. The third-order valence-corrected chi connectivity index (χ3v) is 6.18. The second-order valence-corrected chi connectivity index (χ2v) is 7.54. The van der Waals surface area contributed by atoms with E-state index in [1.165, 1.54) is 57.8 Å². The zero-order valence-electron chi connectivity index (χ0n) is 11.9. The van der Waals surface area contributed by atoms with Gasteiger partial charge in [-0.3, -0.25) is 0 Å². The van der Waals surface area contributed by atoms with E-state index >= 15 is 0 Å². The lowest BCUT2D eigenvalue weighted by molar-refractivity contribution is -0.0184. The predicted molar refractivity (Wildman–Crippen MR) is 78.9 cm³/mol. The lowest BCUT2D eigenvalue weighted by Gasteiger charge is -2.56. The van der Waals surface area contributed by atoms with Gasteiger partial charge in [0.25, 0.3) is 0 Å². The maximum Gasteiger partial charge on any atom is 0.0620 e. The summed E-state index contributed by atoms with van der Waals surface area (Å²) in [5.74, 6) is 4.13. The summed E-state index contributed by atoms with van der Waals surface area (Å²) in [6, 6.07) is 0. The standard InChI is InChI=1S/C16H26B2/c1-16(17,18)15-13-8-4-2-6-11(13)10-12-7-3-5-9-14(12)15/h11-15H,2-10H2,1H3. The molecule has 0 heterocycles. The van der Waals surface area contributed by atoms with Gasteiger partial charge in [-0.2, -0.15) is 0 Å². The zero-order chi connectivity index (χ0) is 12.8. The van der Waals surface area contributed by atoms with Crippen LogP contribution in [0.5, 0.6) is 0 Å². The van der Waals surface area contributed by atoms with E-state index in [9.17, 15) is 0 Å². The summed E-state index contributed by atoms with van der Waals surface area (Å²) < 4.78 is 0. The fraction of sp³-hybridized carbons (Fsp3) is 1.00. The van der Waals surface area contributed by atoms with Crippen molar-refractivity contribution >= 4 is 15.7 Å². The van der Waals surface area contributed by atoms with Gasteiger partial charge in [0.2, 0.25) is 0 Å². The van der Waals surface area contributed by atoms with Crippen molar-refractivity contribution in [1.29, 1.82) is 0 Å². The van der Waals surface area contributed by atoms with Gasteiger partial charge in [0.05, 0.1) is 15.7 Å². The SMILES string of the molecule is [B]C([B])(C)C1C2CCCCC2CC2CCCCC21. The topological polar surface area (TPSA) is 0 Å².